The van der Waals surface area contributed by atoms with Gasteiger partial charge in [-0.1, -0.05) is 36.4 Å². The Bertz CT molecular complexity index is 747. The van der Waals surface area contributed by atoms with Gasteiger partial charge in [0.15, 0.2) is 24.3 Å². The molecule has 0 saturated carbocycles. The molecule has 0 aliphatic carbocycles. The molecule has 2 N–H and O–H groups in total. The fourth-order valence-electron chi connectivity index (χ4n) is 2.14. The second-order valence-electron chi connectivity index (χ2n) is 4.72. The van der Waals surface area contributed by atoms with Crippen LogP contribution in [0.25, 0.3) is 0 Å². The van der Waals surface area contributed by atoms with Crippen LogP contribution in [0.2, 0.25) is 0 Å². The Hall–Kier alpha value is -1.70. The van der Waals surface area contributed by atoms with Crippen LogP contribution in [0, 0.1) is 0 Å². The van der Waals surface area contributed by atoms with Gasteiger partial charge in [-0.15, -0.1) is 0 Å². The summed E-state index contributed by atoms with van der Waals surface area (Å²) in [6, 6.07) is 15.1. The predicted octanol–water partition coefficient (Wildman–Crippen LogP) is 1.61. The molecule has 2 rings (SSSR count). The lowest BCUT2D eigenvalue weighted by Crippen LogP contribution is -2.33. The quantitative estimate of drug-likeness (QED) is 0.863. The third-order valence-corrected chi connectivity index (χ3v) is 8.47. The highest BCUT2D eigenvalue weighted by Crippen LogP contribution is 2.27. The van der Waals surface area contributed by atoms with Gasteiger partial charge in [0.1, 0.15) is 0 Å². The third-order valence-electron chi connectivity index (χ3n) is 3.24. The molecule has 0 saturated heterocycles. The van der Waals surface area contributed by atoms with Gasteiger partial charge in [0.25, 0.3) is 0 Å². The van der Waals surface area contributed by atoms with Crippen LogP contribution in [-0.4, -0.2) is 28.0 Å². The Morgan fingerprint density at radius 2 is 1.09 bits per heavy atom. The summed E-state index contributed by atoms with van der Waals surface area (Å²) in [6.07, 6.45) is -0.158. The first-order chi connectivity index (χ1) is 10.4. The number of hydrogen-bond acceptors (Lipinski definition) is 5. The van der Waals surface area contributed by atoms with Crippen LogP contribution in [0.4, 0.5) is 0 Å². The van der Waals surface area contributed by atoms with Crippen LogP contribution in [0.3, 0.4) is 0 Å². The van der Waals surface area contributed by atoms with E-state index in [0.29, 0.717) is 0 Å². The van der Waals surface area contributed by atoms with Crippen molar-refractivity contribution in [1.82, 2.24) is 0 Å². The van der Waals surface area contributed by atoms with Gasteiger partial charge in [-0.3, -0.25) is 0 Å². The number of nitrogens with two attached hydrogens (primary N) is 1. The molecule has 0 heterocycles. The minimum Gasteiger partial charge on any atom is -0.330 e. The largest absolute Gasteiger partial charge is 0.330 e. The molecule has 0 spiro atoms. The smallest absolute Gasteiger partial charge is 0.196 e. The zero-order valence-corrected chi connectivity index (χ0v) is 13.4. The van der Waals surface area contributed by atoms with E-state index in [2.05, 4.69) is 0 Å². The first-order valence-corrected chi connectivity index (χ1v) is 9.78. The molecule has 118 valence electrons. The molecule has 5 nitrogen and oxygen atoms in total. The van der Waals surface area contributed by atoms with Crippen molar-refractivity contribution in [1.29, 1.82) is 0 Å². The maximum atomic E-state index is 12.7. The van der Waals surface area contributed by atoms with E-state index >= 15 is 0 Å². The van der Waals surface area contributed by atoms with Gasteiger partial charge >= 0.3 is 0 Å². The normalized spacial score (nSPS) is 12.5. The Labute approximate surface area is 130 Å². The topological polar surface area (TPSA) is 94.3 Å². The van der Waals surface area contributed by atoms with E-state index < -0.39 is 24.3 Å². The van der Waals surface area contributed by atoms with Crippen LogP contribution in [0.15, 0.2) is 70.5 Å². The fourth-order valence-corrected chi connectivity index (χ4v) is 6.71. The molecule has 0 fully saturated rings. The van der Waals surface area contributed by atoms with E-state index in [1.165, 1.54) is 24.3 Å². The molecule has 0 aromatic heterocycles. The lowest BCUT2D eigenvalue weighted by Gasteiger charge is -2.18. The molecule has 0 atom stereocenters. The maximum absolute atomic E-state index is 12.7. The van der Waals surface area contributed by atoms with E-state index in [-0.39, 0.29) is 22.8 Å². The molecule has 0 aliphatic heterocycles. The lowest BCUT2D eigenvalue weighted by atomic mass is 10.4. The molecule has 2 aromatic rings. The van der Waals surface area contributed by atoms with Crippen molar-refractivity contribution >= 4 is 19.7 Å². The van der Waals surface area contributed by atoms with Crippen molar-refractivity contribution in [2.45, 2.75) is 20.8 Å². The van der Waals surface area contributed by atoms with E-state index in [1.54, 1.807) is 36.4 Å². The average Bonchev–Trinajstić information content (AvgIpc) is 2.54. The minimum absolute atomic E-state index is 0.0204. The van der Waals surface area contributed by atoms with Crippen molar-refractivity contribution < 1.29 is 16.8 Å². The monoisotopic (exact) mass is 339 g/mol. The Balaban J connectivity index is 2.56. The Morgan fingerprint density at radius 1 is 0.727 bits per heavy atom. The van der Waals surface area contributed by atoms with Crippen LogP contribution >= 0.6 is 0 Å². The van der Waals surface area contributed by atoms with Crippen LogP contribution in [-0.2, 0) is 19.7 Å². The van der Waals surface area contributed by atoms with Gasteiger partial charge in [0, 0.05) is 0 Å². The van der Waals surface area contributed by atoms with E-state index in [1.807, 2.05) is 0 Å². The van der Waals surface area contributed by atoms with Crippen LogP contribution < -0.4 is 5.73 Å². The van der Waals surface area contributed by atoms with Gasteiger partial charge in [-0.2, -0.15) is 0 Å². The molecule has 0 unspecified atom stereocenters. The van der Waals surface area contributed by atoms with Gasteiger partial charge < -0.3 is 5.73 Å². The van der Waals surface area contributed by atoms with Gasteiger partial charge in [-0.25, -0.2) is 16.8 Å². The third kappa shape index (κ3) is 3.21. The van der Waals surface area contributed by atoms with Gasteiger partial charge in [0.2, 0.25) is 0 Å². The molecule has 7 heteroatoms. The van der Waals surface area contributed by atoms with Crippen LogP contribution in [0.1, 0.15) is 6.42 Å². The second-order valence-corrected chi connectivity index (χ2v) is 9.28. The van der Waals surface area contributed by atoms with Crippen LogP contribution in [0.5, 0.6) is 0 Å². The Kier molecular flexibility index (Phi) is 5.00. The van der Waals surface area contributed by atoms with Crippen molar-refractivity contribution in [3.05, 3.63) is 60.7 Å². The number of hydrogen-bond donors (Lipinski definition) is 1. The standard InChI is InChI=1S/C15H17NO4S2/c16-12-11-15(21(17,18)13-7-3-1-4-8-13)22(19,20)14-9-5-2-6-10-14/h1-10,15H,11-12,16H2. The second kappa shape index (κ2) is 6.60. The summed E-state index contributed by atoms with van der Waals surface area (Å²) in [5, 5.41) is 0. The van der Waals surface area contributed by atoms with Crippen molar-refractivity contribution in [3.63, 3.8) is 0 Å². The first-order valence-electron chi connectivity index (χ1n) is 6.68. The summed E-state index contributed by atoms with van der Waals surface area (Å²) >= 11 is 0. The molecule has 0 radical (unpaired) electrons. The van der Waals surface area contributed by atoms with E-state index in [4.69, 9.17) is 5.73 Å². The first kappa shape index (κ1) is 16.7. The molecular formula is C15H17NO4S2. The van der Waals surface area contributed by atoms with E-state index in [0.717, 1.165) is 0 Å². The molecule has 0 bridgehead atoms. The highest BCUT2D eigenvalue weighted by atomic mass is 32.3. The number of sulfone groups is 2. The molecular weight excluding hydrogens is 322 g/mol. The van der Waals surface area contributed by atoms with Crippen molar-refractivity contribution in [2.24, 2.45) is 5.73 Å². The SMILES string of the molecule is NCCC(S(=O)(=O)c1ccccc1)S(=O)(=O)c1ccccc1. The molecule has 0 aliphatic rings. The maximum Gasteiger partial charge on any atom is 0.196 e. The highest BCUT2D eigenvalue weighted by molar-refractivity contribution is 8.09. The van der Waals surface area contributed by atoms with Gasteiger partial charge in [-0.05, 0) is 37.2 Å². The lowest BCUT2D eigenvalue weighted by molar-refractivity contribution is 0.569. The Morgan fingerprint density at radius 3 is 1.41 bits per heavy atom. The summed E-state index contributed by atoms with van der Waals surface area (Å²) in [7, 11) is -8.07. The number of rotatable bonds is 6. The fraction of sp³-hybridized carbons (Fsp3) is 0.200. The highest BCUT2D eigenvalue weighted by Gasteiger charge is 2.39. The van der Waals surface area contributed by atoms with Gasteiger partial charge in [0.05, 0.1) is 9.79 Å². The van der Waals surface area contributed by atoms with Crippen molar-refractivity contribution in [2.75, 3.05) is 6.54 Å². The minimum atomic E-state index is -4.04. The average molecular weight is 339 g/mol. The zero-order valence-electron chi connectivity index (χ0n) is 11.8. The summed E-state index contributed by atoms with van der Waals surface area (Å²) in [5.41, 5.74) is 5.45. The molecule has 2 aromatic carbocycles. The molecule has 0 amide bonds. The summed E-state index contributed by atoms with van der Waals surface area (Å²) < 4.78 is 49.2. The van der Waals surface area contributed by atoms with E-state index in [9.17, 15) is 16.8 Å². The molecule has 22 heavy (non-hydrogen) atoms. The summed E-state index contributed by atoms with van der Waals surface area (Å²) in [4.78, 5) is -0.0408. The zero-order chi connectivity index (χ0) is 16.2. The summed E-state index contributed by atoms with van der Waals surface area (Å²) in [6.45, 7) is -0.0389. The summed E-state index contributed by atoms with van der Waals surface area (Å²) in [5.74, 6) is 0. The predicted molar refractivity (Wildman–Crippen MR) is 84.7 cm³/mol. The van der Waals surface area contributed by atoms with Crippen molar-refractivity contribution in [3.8, 4) is 0 Å². The number of benzene rings is 2.